The molecule has 0 radical (unpaired) electrons. The van der Waals surface area contributed by atoms with Crippen molar-refractivity contribution in [2.75, 3.05) is 26.2 Å². The van der Waals surface area contributed by atoms with E-state index in [0.29, 0.717) is 29.9 Å². The first-order valence-corrected chi connectivity index (χ1v) is 11.7. The van der Waals surface area contributed by atoms with Crippen molar-refractivity contribution < 1.29 is 9.59 Å². The molecule has 0 spiro atoms. The van der Waals surface area contributed by atoms with E-state index in [-0.39, 0.29) is 5.91 Å². The number of benzene rings is 3. The van der Waals surface area contributed by atoms with Crippen molar-refractivity contribution in [2.45, 2.75) is 6.54 Å². The van der Waals surface area contributed by atoms with E-state index in [2.05, 4.69) is 4.90 Å². The minimum atomic E-state index is -0.422. The van der Waals surface area contributed by atoms with Gasteiger partial charge in [-0.05, 0) is 29.8 Å². The topological polar surface area (TPSA) is 84.5 Å². The molecule has 1 saturated heterocycles. The Morgan fingerprint density at radius 2 is 1.43 bits per heavy atom. The van der Waals surface area contributed by atoms with Crippen molar-refractivity contribution in [1.82, 2.24) is 19.6 Å². The Morgan fingerprint density at radius 1 is 0.800 bits per heavy atom. The predicted molar refractivity (Wildman–Crippen MR) is 135 cm³/mol. The summed E-state index contributed by atoms with van der Waals surface area (Å²) in [6.07, 6.45) is 1.84. The summed E-state index contributed by atoms with van der Waals surface area (Å²) < 4.78 is 1.78. The number of para-hydroxylation sites is 1. The lowest BCUT2D eigenvalue weighted by atomic mass is 10.1. The summed E-state index contributed by atoms with van der Waals surface area (Å²) in [7, 11) is 0. The third kappa shape index (κ3) is 5.00. The van der Waals surface area contributed by atoms with Crippen LogP contribution in [0.3, 0.4) is 0 Å². The molecule has 0 saturated carbocycles. The zero-order valence-electron chi connectivity index (χ0n) is 19.4. The summed E-state index contributed by atoms with van der Waals surface area (Å²) in [5.41, 5.74) is 10.1. The molecule has 2 heterocycles. The summed E-state index contributed by atoms with van der Waals surface area (Å²) in [5, 5.41) is 4.78. The lowest BCUT2D eigenvalue weighted by Crippen LogP contribution is -2.48. The summed E-state index contributed by atoms with van der Waals surface area (Å²) >= 11 is 0. The van der Waals surface area contributed by atoms with Gasteiger partial charge in [-0.3, -0.25) is 14.5 Å². The van der Waals surface area contributed by atoms with Gasteiger partial charge in [-0.15, -0.1) is 0 Å². The maximum atomic E-state index is 13.6. The van der Waals surface area contributed by atoms with Crippen LogP contribution in [0.4, 0.5) is 0 Å². The lowest BCUT2D eigenvalue weighted by Gasteiger charge is -2.34. The van der Waals surface area contributed by atoms with Crippen LogP contribution in [0.15, 0.2) is 91.1 Å². The molecule has 1 aliphatic rings. The number of nitrogens with zero attached hydrogens (tertiary/aromatic N) is 4. The second-order valence-electron chi connectivity index (χ2n) is 8.67. The number of hydrogen-bond acceptors (Lipinski definition) is 4. The first kappa shape index (κ1) is 22.6. The van der Waals surface area contributed by atoms with Gasteiger partial charge in [0, 0.05) is 50.0 Å². The van der Waals surface area contributed by atoms with E-state index in [0.717, 1.165) is 36.4 Å². The van der Waals surface area contributed by atoms with Crippen LogP contribution in [0.5, 0.6) is 0 Å². The molecule has 3 aromatic carbocycles. The van der Waals surface area contributed by atoms with Crippen LogP contribution < -0.4 is 5.73 Å². The molecule has 7 heteroatoms. The first-order chi connectivity index (χ1) is 17.1. The molecule has 4 aromatic rings. The van der Waals surface area contributed by atoms with Crippen LogP contribution in [-0.2, 0) is 6.54 Å². The maximum absolute atomic E-state index is 13.6. The van der Waals surface area contributed by atoms with Gasteiger partial charge in [-0.1, -0.05) is 60.7 Å². The van der Waals surface area contributed by atoms with Crippen LogP contribution in [-0.4, -0.2) is 57.6 Å². The monoisotopic (exact) mass is 465 g/mol. The Bertz CT molecular complexity index is 1310. The third-order valence-electron chi connectivity index (χ3n) is 6.32. The lowest BCUT2D eigenvalue weighted by molar-refractivity contribution is 0.0629. The van der Waals surface area contributed by atoms with Gasteiger partial charge < -0.3 is 10.6 Å². The third-order valence-corrected chi connectivity index (χ3v) is 6.32. The van der Waals surface area contributed by atoms with Crippen LogP contribution >= 0.6 is 0 Å². The van der Waals surface area contributed by atoms with E-state index in [1.165, 1.54) is 0 Å². The molecule has 5 rings (SSSR count). The number of primary amides is 1. The highest BCUT2D eigenvalue weighted by Crippen LogP contribution is 2.25. The molecular weight excluding hydrogens is 438 g/mol. The van der Waals surface area contributed by atoms with Crippen molar-refractivity contribution in [3.05, 3.63) is 108 Å². The Morgan fingerprint density at radius 3 is 2.06 bits per heavy atom. The zero-order chi connectivity index (χ0) is 24.2. The number of piperazine rings is 1. The fourth-order valence-corrected chi connectivity index (χ4v) is 4.36. The fraction of sp³-hybridized carbons (Fsp3) is 0.179. The number of aromatic nitrogens is 2. The Hall–Kier alpha value is -4.23. The van der Waals surface area contributed by atoms with Crippen molar-refractivity contribution in [3.8, 4) is 16.9 Å². The van der Waals surface area contributed by atoms with E-state index >= 15 is 0 Å². The highest BCUT2D eigenvalue weighted by Gasteiger charge is 2.26. The Balaban J connectivity index is 1.31. The highest BCUT2D eigenvalue weighted by molar-refractivity contribution is 6.00. The zero-order valence-corrected chi connectivity index (χ0v) is 19.4. The van der Waals surface area contributed by atoms with Gasteiger partial charge >= 0.3 is 0 Å². The van der Waals surface area contributed by atoms with Gasteiger partial charge in [0.25, 0.3) is 5.91 Å². The van der Waals surface area contributed by atoms with Crippen molar-refractivity contribution in [3.63, 3.8) is 0 Å². The fourth-order valence-electron chi connectivity index (χ4n) is 4.36. The quantitative estimate of drug-likeness (QED) is 0.472. The molecule has 0 bridgehead atoms. The molecule has 1 aliphatic heterocycles. The van der Waals surface area contributed by atoms with E-state index in [1.54, 1.807) is 16.8 Å². The summed E-state index contributed by atoms with van der Waals surface area (Å²) in [5.74, 6) is -0.425. The smallest absolute Gasteiger partial charge is 0.257 e. The molecule has 35 heavy (non-hydrogen) atoms. The Labute approximate surface area is 204 Å². The second-order valence-corrected chi connectivity index (χ2v) is 8.67. The molecule has 0 atom stereocenters. The van der Waals surface area contributed by atoms with E-state index < -0.39 is 5.91 Å². The number of rotatable bonds is 6. The SMILES string of the molecule is NC(=O)c1ccc(CN2CCN(C(=O)c3cn(-c4ccccc4)nc3-c3ccccc3)CC2)cc1. The van der Waals surface area contributed by atoms with Crippen LogP contribution in [0.2, 0.25) is 0 Å². The van der Waals surface area contributed by atoms with E-state index in [9.17, 15) is 9.59 Å². The van der Waals surface area contributed by atoms with Crippen molar-refractivity contribution >= 4 is 11.8 Å². The molecule has 1 aromatic heterocycles. The Kier molecular flexibility index (Phi) is 6.41. The number of carbonyl (C=O) groups is 2. The standard InChI is InChI=1S/C28H27N5O2/c29-27(34)23-13-11-21(12-14-23)19-31-15-17-32(18-16-31)28(35)25-20-33(24-9-5-2-6-10-24)30-26(25)22-7-3-1-4-8-22/h1-14,20H,15-19H2,(H2,29,34). The van der Waals surface area contributed by atoms with Crippen molar-refractivity contribution in [1.29, 1.82) is 0 Å². The average molecular weight is 466 g/mol. The number of carbonyl (C=O) groups excluding carboxylic acids is 2. The number of nitrogens with two attached hydrogens (primary N) is 1. The summed E-state index contributed by atoms with van der Waals surface area (Å²) in [6, 6.07) is 27.1. The molecular formula is C28H27N5O2. The molecule has 2 amide bonds. The maximum Gasteiger partial charge on any atom is 0.257 e. The van der Waals surface area contributed by atoms with Gasteiger partial charge in [0.2, 0.25) is 5.91 Å². The largest absolute Gasteiger partial charge is 0.366 e. The minimum absolute atomic E-state index is 0.00325. The minimum Gasteiger partial charge on any atom is -0.366 e. The van der Waals surface area contributed by atoms with Gasteiger partial charge in [0.15, 0.2) is 0 Å². The normalized spacial score (nSPS) is 14.1. The first-order valence-electron chi connectivity index (χ1n) is 11.7. The van der Waals surface area contributed by atoms with Crippen LogP contribution in [0.1, 0.15) is 26.3 Å². The predicted octanol–water partition coefficient (Wildman–Crippen LogP) is 3.60. The second kappa shape index (κ2) is 9.95. The highest BCUT2D eigenvalue weighted by atomic mass is 16.2. The summed E-state index contributed by atoms with van der Waals surface area (Å²) in [4.78, 5) is 29.1. The molecule has 1 fully saturated rings. The van der Waals surface area contributed by atoms with Gasteiger partial charge in [-0.25, -0.2) is 4.68 Å². The molecule has 0 unspecified atom stereocenters. The molecule has 176 valence electrons. The molecule has 2 N–H and O–H groups in total. The van der Waals surface area contributed by atoms with Gasteiger partial charge in [0.1, 0.15) is 5.69 Å². The van der Waals surface area contributed by atoms with Gasteiger partial charge in [-0.2, -0.15) is 5.10 Å². The molecule has 0 aliphatic carbocycles. The van der Waals surface area contributed by atoms with E-state index in [1.807, 2.05) is 83.9 Å². The number of amides is 2. The van der Waals surface area contributed by atoms with Gasteiger partial charge in [0.05, 0.1) is 11.3 Å². The number of hydrogen-bond donors (Lipinski definition) is 1. The van der Waals surface area contributed by atoms with E-state index in [4.69, 9.17) is 10.8 Å². The summed E-state index contributed by atoms with van der Waals surface area (Å²) in [6.45, 7) is 3.60. The van der Waals surface area contributed by atoms with Crippen LogP contribution in [0, 0.1) is 0 Å². The van der Waals surface area contributed by atoms with Crippen LogP contribution in [0.25, 0.3) is 16.9 Å². The molecule has 7 nitrogen and oxygen atoms in total. The average Bonchev–Trinajstić information content (AvgIpc) is 3.36. The van der Waals surface area contributed by atoms with Crippen molar-refractivity contribution in [2.24, 2.45) is 5.73 Å².